The average molecular weight is 788 g/mol. The maximum absolute atomic E-state index is 15.2. The van der Waals surface area contributed by atoms with Crippen LogP contribution in [0.5, 0.6) is 5.88 Å². The minimum Gasteiger partial charge on any atom is -0.470 e. The first-order chi connectivity index (χ1) is 27.9. The van der Waals surface area contributed by atoms with Crippen molar-refractivity contribution in [2.45, 2.75) is 97.4 Å². The third-order valence-electron chi connectivity index (χ3n) is 11.2. The van der Waals surface area contributed by atoms with Gasteiger partial charge in [-0.3, -0.25) is 14.6 Å². The second kappa shape index (κ2) is 16.7. The van der Waals surface area contributed by atoms with Gasteiger partial charge in [-0.15, -0.1) is 0 Å². The molecule has 8 rings (SSSR count). The topological polar surface area (TPSA) is 142 Å². The first-order valence-corrected chi connectivity index (χ1v) is 20.3. The molecule has 3 aromatic rings. The fourth-order valence-corrected chi connectivity index (χ4v) is 8.72. The standard InChI is InChI=1S/C45H46N2O8.C2H7N/c1-6-12-28-15-10-16-29(30-17-11-20-46-24-30)23-33(28)39(52-43(50)54-44(3,4)5)35-26(2)21-31-22-32-18-19-34-37(40(49)45(32)41(53-45)36(31)38(35)48)42(47-55-34)51-25-27-13-8-7-9-14-27;1-3-2/h7-11,13-14,16-17,20,23-24,26,31-32H,6,12,15,18-19,21-22,25H2,1-5H3;3H,1-2H3/b39-35-;/t26?,31?,32-,45-;/m1./s1. The Morgan fingerprint density at radius 2 is 1.84 bits per heavy atom. The lowest BCUT2D eigenvalue weighted by molar-refractivity contribution is -0.114. The number of carbonyl (C=O) groups excluding carboxylic acids is 3. The molecule has 58 heavy (non-hydrogen) atoms. The number of hydrogen-bond acceptors (Lipinski definition) is 11. The number of hydrogen-bond donors (Lipinski definition) is 1. The number of aromatic nitrogens is 2. The van der Waals surface area contributed by atoms with Crippen molar-refractivity contribution in [3.63, 3.8) is 0 Å². The molecule has 1 aliphatic heterocycles. The maximum Gasteiger partial charge on any atom is 0.514 e. The van der Waals surface area contributed by atoms with Crippen LogP contribution in [-0.2, 0) is 32.0 Å². The fraction of sp³-hybridized carbons (Fsp3) is 0.426. The lowest BCUT2D eigenvalue weighted by Crippen LogP contribution is -2.41. The molecule has 11 nitrogen and oxygen atoms in total. The zero-order valence-electron chi connectivity index (χ0n) is 34.5. The summed E-state index contributed by atoms with van der Waals surface area (Å²) < 4.78 is 30.1. The van der Waals surface area contributed by atoms with E-state index in [1.807, 2.05) is 75.6 Å². The van der Waals surface area contributed by atoms with Crippen LogP contribution in [0.2, 0.25) is 0 Å². The molecule has 1 saturated carbocycles. The lowest BCUT2D eigenvalue weighted by Gasteiger charge is -2.36. The van der Waals surface area contributed by atoms with Crippen LogP contribution in [0.15, 0.2) is 111 Å². The van der Waals surface area contributed by atoms with Crippen molar-refractivity contribution in [2.24, 2.45) is 17.8 Å². The third kappa shape index (κ3) is 7.97. The summed E-state index contributed by atoms with van der Waals surface area (Å²) in [6.45, 7) is 9.65. The van der Waals surface area contributed by atoms with Crippen LogP contribution in [0.1, 0.15) is 100 Å². The van der Waals surface area contributed by atoms with Crippen LogP contribution in [0.3, 0.4) is 0 Å². The summed E-state index contributed by atoms with van der Waals surface area (Å²) in [5, 5.41) is 6.90. The SMILES string of the molecule is CCCC1=C(/C(OC(=O)OC(C)(C)C)=C2/C(=O)C3=C4O[C@]45C(=O)c4c(OCc6ccccc6)noc4CC[C@@H]5CC3CC2C)C=C(c2cccnc2)C=CC1.CNC. The molecule has 0 amide bonds. The van der Waals surface area contributed by atoms with Crippen LogP contribution in [-0.4, -0.2) is 53.2 Å². The molecule has 4 aliphatic carbocycles. The second-order valence-corrected chi connectivity index (χ2v) is 16.6. The Morgan fingerprint density at radius 3 is 2.55 bits per heavy atom. The van der Waals surface area contributed by atoms with E-state index in [0.29, 0.717) is 60.3 Å². The quantitative estimate of drug-likeness (QED) is 0.101. The summed E-state index contributed by atoms with van der Waals surface area (Å²) in [6, 6.07) is 13.5. The number of benzene rings is 1. The molecule has 0 bridgehead atoms. The molecule has 4 atom stereocenters. The van der Waals surface area contributed by atoms with Crippen LogP contribution in [0.4, 0.5) is 4.79 Å². The Kier molecular flexibility index (Phi) is 11.7. The van der Waals surface area contributed by atoms with Gasteiger partial charge in [-0.25, -0.2) is 4.79 Å². The van der Waals surface area contributed by atoms with Gasteiger partial charge in [-0.2, -0.15) is 0 Å². The predicted molar refractivity (Wildman–Crippen MR) is 218 cm³/mol. The Hall–Kier alpha value is -5.55. The number of rotatable bonds is 8. The molecule has 1 aromatic carbocycles. The van der Waals surface area contributed by atoms with E-state index in [-0.39, 0.29) is 53.1 Å². The van der Waals surface area contributed by atoms with Crippen molar-refractivity contribution >= 4 is 23.3 Å². The number of nitrogens with zero attached hydrogens (tertiary/aromatic N) is 2. The molecule has 2 fully saturated rings. The zero-order chi connectivity index (χ0) is 41.2. The van der Waals surface area contributed by atoms with E-state index in [2.05, 4.69) is 28.5 Å². The van der Waals surface area contributed by atoms with E-state index in [1.165, 1.54) is 0 Å². The van der Waals surface area contributed by atoms with Crippen molar-refractivity contribution in [1.29, 1.82) is 0 Å². The van der Waals surface area contributed by atoms with Gasteiger partial charge in [0.1, 0.15) is 23.5 Å². The third-order valence-corrected chi connectivity index (χ3v) is 11.2. The van der Waals surface area contributed by atoms with Crippen molar-refractivity contribution < 1.29 is 37.9 Å². The summed E-state index contributed by atoms with van der Waals surface area (Å²) in [7, 11) is 3.75. The minimum absolute atomic E-state index is 0.129. The maximum atomic E-state index is 15.2. The Morgan fingerprint density at radius 1 is 1.07 bits per heavy atom. The summed E-state index contributed by atoms with van der Waals surface area (Å²) in [5.41, 5.74) is 3.41. The number of pyridine rings is 1. The van der Waals surface area contributed by atoms with Gasteiger partial charge in [0, 0.05) is 41.5 Å². The Labute approximate surface area is 340 Å². The smallest absolute Gasteiger partial charge is 0.470 e. The predicted octanol–water partition coefficient (Wildman–Crippen LogP) is 9.23. The second-order valence-electron chi connectivity index (χ2n) is 16.6. The van der Waals surface area contributed by atoms with E-state index in [4.69, 9.17) is 23.5 Å². The van der Waals surface area contributed by atoms with Gasteiger partial charge in [0.15, 0.2) is 17.3 Å². The fourth-order valence-electron chi connectivity index (χ4n) is 8.72. The van der Waals surface area contributed by atoms with E-state index >= 15 is 4.79 Å². The molecule has 3 heterocycles. The monoisotopic (exact) mass is 787 g/mol. The molecular weight excluding hydrogens is 735 g/mol. The first-order valence-electron chi connectivity index (χ1n) is 20.3. The van der Waals surface area contributed by atoms with Crippen molar-refractivity contribution in [3.05, 3.63) is 129 Å². The van der Waals surface area contributed by atoms with Crippen LogP contribution in [0.25, 0.3) is 5.57 Å². The molecule has 1 saturated heterocycles. The number of aryl methyl sites for hydroxylation is 1. The number of carbonyl (C=O) groups is 3. The molecular formula is C47H53N3O8. The van der Waals surface area contributed by atoms with Gasteiger partial charge in [0.25, 0.3) is 5.88 Å². The van der Waals surface area contributed by atoms with Gasteiger partial charge in [0.2, 0.25) is 11.4 Å². The number of ketones is 2. The molecule has 2 aromatic heterocycles. The first kappa shape index (κ1) is 40.6. The minimum atomic E-state index is -1.30. The van der Waals surface area contributed by atoms with Gasteiger partial charge >= 0.3 is 6.16 Å². The normalized spacial score (nSPS) is 24.3. The summed E-state index contributed by atoms with van der Waals surface area (Å²) >= 11 is 0. The van der Waals surface area contributed by atoms with Crippen LogP contribution >= 0.6 is 0 Å². The number of epoxide rings is 1. The summed E-state index contributed by atoms with van der Waals surface area (Å²) in [5.74, 6) is 0.0947. The molecule has 1 spiro atoms. The van der Waals surface area contributed by atoms with Crippen LogP contribution < -0.4 is 10.1 Å². The number of Topliss-reactive ketones (excluding diaryl/α,β-unsaturated/α-hetero) is 2. The molecule has 11 heteroatoms. The van der Waals surface area contributed by atoms with E-state index in [1.54, 1.807) is 33.2 Å². The van der Waals surface area contributed by atoms with Gasteiger partial charge in [-0.1, -0.05) is 74.4 Å². The van der Waals surface area contributed by atoms with Crippen LogP contribution in [0, 0.1) is 17.8 Å². The average Bonchev–Trinajstić information content (AvgIpc) is 3.89. The highest BCUT2D eigenvalue weighted by atomic mass is 16.7. The lowest BCUT2D eigenvalue weighted by atomic mass is 9.64. The zero-order valence-corrected chi connectivity index (χ0v) is 34.5. The van der Waals surface area contributed by atoms with E-state index < -0.39 is 17.4 Å². The number of nitrogens with one attached hydrogen (secondary N) is 1. The summed E-state index contributed by atoms with van der Waals surface area (Å²) in [6.07, 6.45) is 13.3. The highest BCUT2D eigenvalue weighted by molar-refractivity contribution is 6.16. The number of allylic oxidation sites excluding steroid dienone is 7. The largest absolute Gasteiger partial charge is 0.514 e. The van der Waals surface area contributed by atoms with Gasteiger partial charge < -0.3 is 28.8 Å². The van der Waals surface area contributed by atoms with E-state index in [9.17, 15) is 9.59 Å². The highest BCUT2D eigenvalue weighted by Gasteiger charge is 2.71. The molecule has 5 aliphatic rings. The van der Waals surface area contributed by atoms with Crippen molar-refractivity contribution in [3.8, 4) is 5.88 Å². The molecule has 0 radical (unpaired) electrons. The highest BCUT2D eigenvalue weighted by Crippen LogP contribution is 2.63. The van der Waals surface area contributed by atoms with Crippen molar-refractivity contribution in [1.82, 2.24) is 15.5 Å². The van der Waals surface area contributed by atoms with Crippen molar-refractivity contribution in [2.75, 3.05) is 14.1 Å². The molecule has 1 N–H and O–H groups in total. The van der Waals surface area contributed by atoms with E-state index in [0.717, 1.165) is 35.1 Å². The van der Waals surface area contributed by atoms with Gasteiger partial charge in [0.05, 0.1) is 0 Å². The summed E-state index contributed by atoms with van der Waals surface area (Å²) in [4.78, 5) is 47.8. The van der Waals surface area contributed by atoms with Gasteiger partial charge in [-0.05, 0) is 113 Å². The molecule has 2 unspecified atom stereocenters. The Bertz CT molecular complexity index is 2220. The Balaban J connectivity index is 0.00000166. The number of ether oxygens (including phenoxy) is 4. The number of fused-ring (bicyclic) bond motifs is 2. The molecule has 304 valence electrons.